The first kappa shape index (κ1) is 11.9. The molecular formula is C10H7Cl2N3O2. The van der Waals surface area contributed by atoms with Crippen LogP contribution in [0, 0.1) is 6.92 Å². The van der Waals surface area contributed by atoms with E-state index in [1.807, 2.05) is 0 Å². The number of carbonyl (C=O) groups excluding carboxylic acids is 1. The van der Waals surface area contributed by atoms with Crippen molar-refractivity contribution in [2.45, 2.75) is 6.92 Å². The van der Waals surface area contributed by atoms with Gasteiger partial charge in [-0.15, -0.1) is 0 Å². The monoisotopic (exact) mass is 271 g/mol. The van der Waals surface area contributed by atoms with Gasteiger partial charge >= 0.3 is 0 Å². The van der Waals surface area contributed by atoms with Crippen LogP contribution >= 0.6 is 23.2 Å². The second-order valence-electron chi connectivity index (χ2n) is 3.29. The van der Waals surface area contributed by atoms with E-state index in [0.717, 1.165) is 0 Å². The summed E-state index contributed by atoms with van der Waals surface area (Å²) >= 11 is 11.4. The van der Waals surface area contributed by atoms with Gasteiger partial charge in [-0.05, 0) is 19.1 Å². The molecule has 1 N–H and O–H groups in total. The van der Waals surface area contributed by atoms with Crippen LogP contribution in [0.5, 0.6) is 0 Å². The van der Waals surface area contributed by atoms with Crippen LogP contribution in [-0.2, 0) is 0 Å². The second kappa shape index (κ2) is 4.73. The molecule has 1 amide bonds. The van der Waals surface area contributed by atoms with Gasteiger partial charge in [0.05, 0.1) is 5.69 Å². The zero-order valence-corrected chi connectivity index (χ0v) is 10.2. The maximum absolute atomic E-state index is 11.8. The lowest BCUT2D eigenvalue weighted by molar-refractivity contribution is 0.102. The Balaban J connectivity index is 2.19. The van der Waals surface area contributed by atoms with Crippen LogP contribution in [0.25, 0.3) is 0 Å². The Kier molecular flexibility index (Phi) is 3.31. The van der Waals surface area contributed by atoms with Gasteiger partial charge in [-0.3, -0.25) is 10.1 Å². The first-order valence-corrected chi connectivity index (χ1v) is 5.38. The highest BCUT2D eigenvalue weighted by atomic mass is 35.5. The van der Waals surface area contributed by atoms with E-state index in [1.165, 1.54) is 12.1 Å². The van der Waals surface area contributed by atoms with E-state index in [9.17, 15) is 4.79 Å². The zero-order chi connectivity index (χ0) is 12.4. The summed E-state index contributed by atoms with van der Waals surface area (Å²) in [5, 5.41) is 6.46. The van der Waals surface area contributed by atoms with E-state index in [-0.39, 0.29) is 16.2 Å². The molecule has 0 saturated heterocycles. The average Bonchev–Trinajstić information content (AvgIpc) is 2.62. The molecule has 2 aromatic rings. The molecule has 0 aliphatic heterocycles. The normalized spacial score (nSPS) is 10.3. The summed E-state index contributed by atoms with van der Waals surface area (Å²) in [6.07, 6.45) is 0. The van der Waals surface area contributed by atoms with Gasteiger partial charge in [0.25, 0.3) is 5.91 Å². The Hall–Kier alpha value is -1.59. The fourth-order valence-electron chi connectivity index (χ4n) is 1.20. The van der Waals surface area contributed by atoms with Gasteiger partial charge in [-0.25, -0.2) is 4.98 Å². The highest BCUT2D eigenvalue weighted by Crippen LogP contribution is 2.16. The van der Waals surface area contributed by atoms with Gasteiger partial charge in [-0.1, -0.05) is 28.4 Å². The standard InChI is InChI=1S/C10H7Cl2N3O2/c1-5-2-9(17-15-5)14-10(16)6-3-7(11)13-8(12)4-6/h2-4H,1H3,(H,14,16). The minimum atomic E-state index is -0.396. The highest BCUT2D eigenvalue weighted by molar-refractivity contribution is 6.33. The van der Waals surface area contributed by atoms with Crippen LogP contribution in [0.4, 0.5) is 5.88 Å². The Morgan fingerprint density at radius 3 is 2.47 bits per heavy atom. The number of aryl methyl sites for hydroxylation is 1. The van der Waals surface area contributed by atoms with Crippen molar-refractivity contribution in [3.8, 4) is 0 Å². The molecule has 0 bridgehead atoms. The van der Waals surface area contributed by atoms with E-state index in [2.05, 4.69) is 15.5 Å². The van der Waals surface area contributed by atoms with Gasteiger partial charge in [0, 0.05) is 11.6 Å². The molecule has 2 heterocycles. The van der Waals surface area contributed by atoms with E-state index >= 15 is 0 Å². The SMILES string of the molecule is Cc1cc(NC(=O)c2cc(Cl)nc(Cl)c2)on1. The number of amides is 1. The van der Waals surface area contributed by atoms with E-state index in [4.69, 9.17) is 27.7 Å². The number of hydrogen-bond donors (Lipinski definition) is 1. The molecule has 0 spiro atoms. The number of hydrogen-bond acceptors (Lipinski definition) is 4. The Morgan fingerprint density at radius 1 is 1.29 bits per heavy atom. The van der Waals surface area contributed by atoms with Crippen LogP contribution in [0.1, 0.15) is 16.1 Å². The number of halogens is 2. The Bertz CT molecular complexity index is 548. The molecule has 0 aliphatic carbocycles. The van der Waals surface area contributed by atoms with Crippen molar-refractivity contribution in [2.24, 2.45) is 0 Å². The molecule has 0 saturated carbocycles. The zero-order valence-electron chi connectivity index (χ0n) is 8.70. The lowest BCUT2D eigenvalue weighted by Gasteiger charge is -2.01. The summed E-state index contributed by atoms with van der Waals surface area (Å²) in [4.78, 5) is 15.5. The summed E-state index contributed by atoms with van der Waals surface area (Å²) in [5.41, 5.74) is 0.968. The number of nitrogens with one attached hydrogen (secondary N) is 1. The minimum Gasteiger partial charge on any atom is -0.338 e. The van der Waals surface area contributed by atoms with Crippen LogP contribution < -0.4 is 5.32 Å². The number of pyridine rings is 1. The molecule has 0 unspecified atom stereocenters. The third kappa shape index (κ3) is 2.95. The summed E-state index contributed by atoms with van der Waals surface area (Å²) in [7, 11) is 0. The second-order valence-corrected chi connectivity index (χ2v) is 4.06. The molecule has 0 fully saturated rings. The van der Waals surface area contributed by atoms with Crippen LogP contribution in [0.2, 0.25) is 10.3 Å². The lowest BCUT2D eigenvalue weighted by atomic mass is 10.2. The first-order chi connectivity index (χ1) is 8.04. The lowest BCUT2D eigenvalue weighted by Crippen LogP contribution is -2.11. The van der Waals surface area contributed by atoms with Crippen LogP contribution in [-0.4, -0.2) is 16.0 Å². The maximum atomic E-state index is 11.8. The summed E-state index contributed by atoms with van der Waals surface area (Å²) < 4.78 is 4.85. The number of aromatic nitrogens is 2. The topological polar surface area (TPSA) is 68.0 Å². The fourth-order valence-corrected chi connectivity index (χ4v) is 1.66. The van der Waals surface area contributed by atoms with Gasteiger partial charge in [0.2, 0.25) is 5.88 Å². The molecular weight excluding hydrogens is 265 g/mol. The Morgan fingerprint density at radius 2 is 1.94 bits per heavy atom. The predicted molar refractivity (Wildman–Crippen MR) is 63.5 cm³/mol. The number of nitrogens with zero attached hydrogens (tertiary/aromatic N) is 2. The third-order valence-corrected chi connectivity index (χ3v) is 2.28. The average molecular weight is 272 g/mol. The number of rotatable bonds is 2. The molecule has 0 aliphatic rings. The van der Waals surface area contributed by atoms with Gasteiger partial charge in [-0.2, -0.15) is 0 Å². The molecule has 0 atom stereocenters. The molecule has 2 rings (SSSR count). The van der Waals surface area contributed by atoms with Crippen LogP contribution in [0.3, 0.4) is 0 Å². The first-order valence-electron chi connectivity index (χ1n) is 4.62. The maximum Gasteiger partial charge on any atom is 0.258 e. The third-order valence-electron chi connectivity index (χ3n) is 1.89. The summed E-state index contributed by atoms with van der Waals surface area (Å²) in [6, 6.07) is 4.42. The van der Waals surface area contributed by atoms with Crippen molar-refractivity contribution >= 4 is 35.0 Å². The van der Waals surface area contributed by atoms with Crippen molar-refractivity contribution in [2.75, 3.05) is 5.32 Å². The largest absolute Gasteiger partial charge is 0.338 e. The number of anilines is 1. The van der Waals surface area contributed by atoms with Gasteiger partial charge in [0.15, 0.2) is 0 Å². The van der Waals surface area contributed by atoms with Crippen molar-refractivity contribution in [1.29, 1.82) is 0 Å². The summed E-state index contributed by atoms with van der Waals surface area (Å²) in [5.74, 6) is -0.135. The van der Waals surface area contributed by atoms with Gasteiger partial charge < -0.3 is 4.52 Å². The van der Waals surface area contributed by atoms with Gasteiger partial charge in [0.1, 0.15) is 10.3 Å². The molecule has 0 radical (unpaired) electrons. The molecule has 17 heavy (non-hydrogen) atoms. The van der Waals surface area contributed by atoms with Crippen molar-refractivity contribution < 1.29 is 9.32 Å². The van der Waals surface area contributed by atoms with E-state index in [0.29, 0.717) is 11.3 Å². The van der Waals surface area contributed by atoms with Crippen LogP contribution in [0.15, 0.2) is 22.7 Å². The molecule has 5 nitrogen and oxygen atoms in total. The minimum absolute atomic E-state index is 0.149. The van der Waals surface area contributed by atoms with Crippen molar-refractivity contribution in [3.05, 3.63) is 39.8 Å². The molecule has 2 aromatic heterocycles. The smallest absolute Gasteiger partial charge is 0.258 e. The predicted octanol–water partition coefficient (Wildman–Crippen LogP) is 2.94. The molecule has 7 heteroatoms. The van der Waals surface area contributed by atoms with E-state index < -0.39 is 5.91 Å². The molecule has 88 valence electrons. The highest BCUT2D eigenvalue weighted by Gasteiger charge is 2.11. The molecule has 0 aromatic carbocycles. The van der Waals surface area contributed by atoms with E-state index in [1.54, 1.807) is 13.0 Å². The Labute approximate surface area is 107 Å². The summed E-state index contributed by atoms with van der Waals surface area (Å²) in [6.45, 7) is 1.75. The quantitative estimate of drug-likeness (QED) is 0.853. The number of carbonyl (C=O) groups is 1. The van der Waals surface area contributed by atoms with Crippen molar-refractivity contribution in [1.82, 2.24) is 10.1 Å². The fraction of sp³-hybridized carbons (Fsp3) is 0.100. The van der Waals surface area contributed by atoms with Crippen molar-refractivity contribution in [3.63, 3.8) is 0 Å².